The molecule has 0 aliphatic carbocycles. The first-order valence-electron chi connectivity index (χ1n) is 6.99. The number of nitrogens with zero attached hydrogens (tertiary/aromatic N) is 1. The van der Waals surface area contributed by atoms with Crippen LogP contribution in [0.4, 0.5) is 5.69 Å². The van der Waals surface area contributed by atoms with Crippen LogP contribution in [-0.4, -0.2) is 24.8 Å². The molecule has 0 spiro atoms. The maximum Gasteiger partial charge on any atom is 0.230 e. The van der Waals surface area contributed by atoms with Gasteiger partial charge >= 0.3 is 0 Å². The first-order valence-corrected chi connectivity index (χ1v) is 6.99. The van der Waals surface area contributed by atoms with Crippen LogP contribution in [0.3, 0.4) is 0 Å². The molecular formula is C16H21NO3. The number of fused-ring (bicyclic) bond motifs is 1. The number of carbonyl (C=O) groups excluding carboxylic acids is 2. The van der Waals surface area contributed by atoms with Crippen LogP contribution in [0, 0.1) is 5.92 Å². The second-order valence-corrected chi connectivity index (χ2v) is 5.79. The van der Waals surface area contributed by atoms with Gasteiger partial charge in [0.15, 0.2) is 5.78 Å². The molecule has 0 saturated heterocycles. The highest BCUT2D eigenvalue weighted by Crippen LogP contribution is 2.33. The molecule has 20 heavy (non-hydrogen) atoms. The third-order valence-electron chi connectivity index (χ3n) is 3.40. The lowest BCUT2D eigenvalue weighted by Gasteiger charge is -2.17. The maximum atomic E-state index is 12.1. The van der Waals surface area contributed by atoms with Crippen LogP contribution in [0.2, 0.25) is 0 Å². The van der Waals surface area contributed by atoms with E-state index in [1.807, 2.05) is 20.8 Å². The number of rotatable bonds is 3. The number of hydrogen-bond acceptors (Lipinski definition) is 3. The quantitative estimate of drug-likeness (QED) is 0.796. The number of ether oxygens (including phenoxy) is 1. The lowest BCUT2D eigenvalue weighted by Crippen LogP contribution is -2.27. The van der Waals surface area contributed by atoms with Gasteiger partial charge in [-0.3, -0.25) is 9.59 Å². The van der Waals surface area contributed by atoms with Crippen LogP contribution in [-0.2, 0) is 4.79 Å². The summed E-state index contributed by atoms with van der Waals surface area (Å²) >= 11 is 0. The van der Waals surface area contributed by atoms with E-state index in [-0.39, 0.29) is 17.8 Å². The van der Waals surface area contributed by atoms with Crippen molar-refractivity contribution >= 4 is 17.4 Å². The van der Waals surface area contributed by atoms with Gasteiger partial charge in [-0.05, 0) is 31.0 Å². The highest BCUT2D eigenvalue weighted by molar-refractivity contribution is 6.00. The van der Waals surface area contributed by atoms with Crippen molar-refractivity contribution in [1.29, 1.82) is 0 Å². The zero-order valence-corrected chi connectivity index (χ0v) is 12.5. The lowest BCUT2D eigenvalue weighted by atomic mass is 10.0. The predicted molar refractivity (Wildman–Crippen MR) is 78.3 cm³/mol. The highest BCUT2D eigenvalue weighted by Gasteiger charge is 2.25. The van der Waals surface area contributed by atoms with Gasteiger partial charge in [0.05, 0.1) is 12.1 Å². The highest BCUT2D eigenvalue weighted by atomic mass is 16.5. The molecule has 0 fully saturated rings. The Balaban J connectivity index is 2.36. The van der Waals surface area contributed by atoms with Crippen LogP contribution < -0.4 is 9.64 Å². The molecule has 0 saturated carbocycles. The van der Waals surface area contributed by atoms with E-state index in [9.17, 15) is 9.59 Å². The van der Waals surface area contributed by atoms with Crippen LogP contribution in [0.15, 0.2) is 18.2 Å². The minimum absolute atomic E-state index is 0.00436. The maximum absolute atomic E-state index is 12.1. The Morgan fingerprint density at radius 3 is 2.80 bits per heavy atom. The molecule has 0 N–H and O–H groups in total. The van der Waals surface area contributed by atoms with E-state index in [0.717, 1.165) is 0 Å². The Labute approximate surface area is 119 Å². The molecule has 1 aromatic carbocycles. The van der Waals surface area contributed by atoms with Gasteiger partial charge in [-0.2, -0.15) is 0 Å². The zero-order valence-electron chi connectivity index (χ0n) is 12.5. The van der Waals surface area contributed by atoms with E-state index >= 15 is 0 Å². The van der Waals surface area contributed by atoms with Crippen molar-refractivity contribution in [3.63, 3.8) is 0 Å². The van der Waals surface area contributed by atoms with Gasteiger partial charge < -0.3 is 9.64 Å². The minimum atomic E-state index is -0.150. The Morgan fingerprint density at radius 2 is 2.15 bits per heavy atom. The van der Waals surface area contributed by atoms with Gasteiger partial charge in [0.25, 0.3) is 0 Å². The average Bonchev–Trinajstić information content (AvgIpc) is 2.46. The molecule has 4 nitrogen and oxygen atoms in total. The number of carbonyl (C=O) groups is 2. The van der Waals surface area contributed by atoms with Crippen LogP contribution in [0.5, 0.6) is 5.75 Å². The Hall–Kier alpha value is -1.84. The summed E-state index contributed by atoms with van der Waals surface area (Å²) in [5.74, 6) is 1.08. The second-order valence-electron chi connectivity index (χ2n) is 5.79. The molecule has 0 radical (unpaired) electrons. The summed E-state index contributed by atoms with van der Waals surface area (Å²) in [5.41, 5.74) is 1.31. The summed E-state index contributed by atoms with van der Waals surface area (Å²) in [6.07, 6.45) is 0.706. The number of benzene rings is 1. The smallest absolute Gasteiger partial charge is 0.230 e. The van der Waals surface area contributed by atoms with Gasteiger partial charge in [0.2, 0.25) is 5.91 Å². The molecule has 1 aromatic rings. The molecule has 1 heterocycles. The molecule has 0 bridgehead atoms. The second kappa shape index (κ2) is 5.65. The molecular weight excluding hydrogens is 254 g/mol. The molecule has 1 atom stereocenters. The molecule has 2 rings (SSSR count). The normalized spacial score (nSPS) is 18.6. The number of anilines is 1. The Kier molecular flexibility index (Phi) is 4.12. The SMILES string of the molecule is CC(C)CC(=O)c1ccc2c(c1)N(C)C(=O)CC(C)O2. The van der Waals surface area contributed by atoms with Crippen LogP contribution in [0.1, 0.15) is 44.0 Å². The Bertz CT molecular complexity index is 537. The van der Waals surface area contributed by atoms with Crippen LogP contribution in [0.25, 0.3) is 0 Å². The third kappa shape index (κ3) is 3.00. The van der Waals surface area contributed by atoms with E-state index in [2.05, 4.69) is 0 Å². The average molecular weight is 275 g/mol. The molecule has 108 valence electrons. The summed E-state index contributed by atoms with van der Waals surface area (Å²) in [7, 11) is 1.72. The first kappa shape index (κ1) is 14.6. The summed E-state index contributed by atoms with van der Waals surface area (Å²) in [6, 6.07) is 5.32. The number of Topliss-reactive ketones (excluding diaryl/α,β-unsaturated/α-hetero) is 1. The first-order chi connectivity index (χ1) is 9.38. The van der Waals surface area contributed by atoms with Gasteiger partial charge in [-0.25, -0.2) is 0 Å². The number of hydrogen-bond donors (Lipinski definition) is 0. The summed E-state index contributed by atoms with van der Waals surface area (Å²) in [5, 5.41) is 0. The van der Waals surface area contributed by atoms with Gasteiger partial charge in [0, 0.05) is 19.0 Å². The van der Waals surface area contributed by atoms with Crippen molar-refractivity contribution < 1.29 is 14.3 Å². The monoisotopic (exact) mass is 275 g/mol. The fourth-order valence-corrected chi connectivity index (χ4v) is 2.32. The summed E-state index contributed by atoms with van der Waals surface area (Å²) < 4.78 is 5.74. The molecule has 1 unspecified atom stereocenters. The van der Waals surface area contributed by atoms with Crippen molar-refractivity contribution in [2.24, 2.45) is 5.92 Å². The van der Waals surface area contributed by atoms with E-state index in [4.69, 9.17) is 4.74 Å². The molecule has 1 aliphatic rings. The fraction of sp³-hybridized carbons (Fsp3) is 0.500. The topological polar surface area (TPSA) is 46.6 Å². The molecule has 0 aromatic heterocycles. The third-order valence-corrected chi connectivity index (χ3v) is 3.40. The van der Waals surface area contributed by atoms with Crippen molar-refractivity contribution in [3.05, 3.63) is 23.8 Å². The summed E-state index contributed by atoms with van der Waals surface area (Å²) in [4.78, 5) is 25.7. The largest absolute Gasteiger partial charge is 0.488 e. The molecule has 4 heteroatoms. The van der Waals surface area contributed by atoms with E-state index in [0.29, 0.717) is 35.8 Å². The lowest BCUT2D eigenvalue weighted by molar-refractivity contribution is -0.119. The van der Waals surface area contributed by atoms with Crippen molar-refractivity contribution in [2.75, 3.05) is 11.9 Å². The number of ketones is 1. The van der Waals surface area contributed by atoms with Crippen molar-refractivity contribution in [2.45, 2.75) is 39.7 Å². The molecule has 1 aliphatic heterocycles. The van der Waals surface area contributed by atoms with E-state index in [1.54, 1.807) is 30.1 Å². The predicted octanol–water partition coefficient (Wildman–Crippen LogP) is 3.05. The van der Waals surface area contributed by atoms with Crippen molar-refractivity contribution in [3.8, 4) is 5.75 Å². The van der Waals surface area contributed by atoms with Gasteiger partial charge in [-0.15, -0.1) is 0 Å². The van der Waals surface area contributed by atoms with Crippen molar-refractivity contribution in [1.82, 2.24) is 0 Å². The van der Waals surface area contributed by atoms with Gasteiger partial charge in [0.1, 0.15) is 11.9 Å². The van der Waals surface area contributed by atoms with E-state index < -0.39 is 0 Å². The fourth-order valence-electron chi connectivity index (χ4n) is 2.32. The van der Waals surface area contributed by atoms with E-state index in [1.165, 1.54) is 0 Å². The summed E-state index contributed by atoms with van der Waals surface area (Å²) in [6.45, 7) is 5.91. The Morgan fingerprint density at radius 1 is 1.45 bits per heavy atom. The number of amides is 1. The minimum Gasteiger partial charge on any atom is -0.488 e. The van der Waals surface area contributed by atoms with Gasteiger partial charge in [-0.1, -0.05) is 13.8 Å². The zero-order chi connectivity index (χ0) is 14.9. The standard InChI is InChI=1S/C16H21NO3/c1-10(2)7-14(18)12-5-6-15-13(9-12)17(4)16(19)8-11(3)20-15/h5-6,9-11H,7-8H2,1-4H3. The van der Waals surface area contributed by atoms with Crippen LogP contribution >= 0.6 is 0 Å². The molecule has 1 amide bonds.